The van der Waals surface area contributed by atoms with Gasteiger partial charge in [-0.05, 0) is 13.0 Å². The van der Waals surface area contributed by atoms with Crippen LogP contribution in [0.2, 0.25) is 0 Å². The van der Waals surface area contributed by atoms with Gasteiger partial charge in [0.25, 0.3) is 6.23 Å². The second-order valence-corrected chi connectivity index (χ2v) is 5.82. The highest BCUT2D eigenvalue weighted by Gasteiger charge is 2.58. The summed E-state index contributed by atoms with van der Waals surface area (Å²) in [6.07, 6.45) is -2.63. The fraction of sp³-hybridized carbons (Fsp3) is 0.438. The molecular formula is C16H17F2N3O7. The molecule has 0 saturated heterocycles. The summed E-state index contributed by atoms with van der Waals surface area (Å²) in [6, 6.07) is 1.11. The van der Waals surface area contributed by atoms with Crippen molar-refractivity contribution in [2.45, 2.75) is 45.9 Å². The second kappa shape index (κ2) is 7.74. The molecule has 0 saturated carbocycles. The Balaban J connectivity index is 2.46. The first-order chi connectivity index (χ1) is 12.9. The predicted octanol–water partition coefficient (Wildman–Crippen LogP) is 1.09. The van der Waals surface area contributed by atoms with Gasteiger partial charge in [0.2, 0.25) is 11.7 Å². The zero-order valence-electron chi connectivity index (χ0n) is 15.3. The van der Waals surface area contributed by atoms with Crippen LogP contribution in [0.4, 0.5) is 14.6 Å². The lowest BCUT2D eigenvalue weighted by Crippen LogP contribution is -2.37. The zero-order chi connectivity index (χ0) is 21.2. The maximum atomic E-state index is 14.9. The first-order valence-corrected chi connectivity index (χ1v) is 7.95. The fourth-order valence-corrected chi connectivity index (χ4v) is 2.44. The molecule has 12 heteroatoms. The van der Waals surface area contributed by atoms with E-state index in [0.717, 1.165) is 26.1 Å². The number of aromatic nitrogens is 2. The molecule has 0 aliphatic carbocycles. The highest BCUT2D eigenvalue weighted by molar-refractivity contribution is 5.87. The molecule has 0 bridgehead atoms. The van der Waals surface area contributed by atoms with Crippen LogP contribution in [-0.2, 0) is 28.6 Å². The monoisotopic (exact) mass is 401 g/mol. The summed E-state index contributed by atoms with van der Waals surface area (Å²) in [5.74, 6) is -8.24. The Hall–Kier alpha value is -3.31. The lowest BCUT2D eigenvalue weighted by molar-refractivity contribution is -0.152. The second-order valence-electron chi connectivity index (χ2n) is 5.82. The maximum Gasteiger partial charge on any atom is 0.363 e. The van der Waals surface area contributed by atoms with E-state index in [-0.39, 0.29) is 5.82 Å². The largest absolute Gasteiger partial charge is 0.460 e. The van der Waals surface area contributed by atoms with Crippen molar-refractivity contribution >= 4 is 23.7 Å². The first-order valence-electron chi connectivity index (χ1n) is 7.95. The molecule has 2 rings (SSSR count). The molecule has 2 heterocycles. The van der Waals surface area contributed by atoms with Gasteiger partial charge < -0.3 is 19.5 Å². The molecule has 0 fully saturated rings. The minimum Gasteiger partial charge on any atom is -0.460 e. The Morgan fingerprint density at radius 3 is 2.43 bits per heavy atom. The van der Waals surface area contributed by atoms with Crippen molar-refractivity contribution in [3.05, 3.63) is 34.3 Å². The van der Waals surface area contributed by atoms with E-state index in [1.54, 1.807) is 0 Å². The standard InChI is InChI=1S/C16H17F2N3O7/c1-7(26-9(3)23)12-13(27-10(4)24)16(17,18)14(28-12)21-6-5-11(19-8(2)22)20-15(21)25/h5-7,14H,1-4H3,(H,19,20,22,25)/t7?,14-/m1/s1. The highest BCUT2D eigenvalue weighted by Crippen LogP contribution is 2.47. The number of ether oxygens (including phenoxy) is 3. The number of nitrogens with zero attached hydrogens (tertiary/aromatic N) is 2. The van der Waals surface area contributed by atoms with Crippen LogP contribution < -0.4 is 11.0 Å². The van der Waals surface area contributed by atoms with Crippen LogP contribution in [-0.4, -0.2) is 39.4 Å². The fourth-order valence-electron chi connectivity index (χ4n) is 2.44. The summed E-state index contributed by atoms with van der Waals surface area (Å²) in [5, 5.41) is 2.24. The SMILES string of the molecule is CC(=O)Nc1ccn([C@@H]2OC(C(C)OC(C)=O)=C(OC(C)=O)C2(F)F)c(=O)n1. The molecule has 1 aromatic heterocycles. The number of hydrogen-bond acceptors (Lipinski definition) is 8. The third-order valence-corrected chi connectivity index (χ3v) is 3.42. The summed E-state index contributed by atoms with van der Waals surface area (Å²) in [5.41, 5.74) is -1.15. The van der Waals surface area contributed by atoms with Gasteiger partial charge >= 0.3 is 23.6 Å². The summed E-state index contributed by atoms with van der Waals surface area (Å²) in [6.45, 7) is 4.38. The molecule has 1 aliphatic rings. The van der Waals surface area contributed by atoms with Gasteiger partial charge in [-0.3, -0.25) is 19.0 Å². The minimum atomic E-state index is -3.96. The normalized spacial score (nSPS) is 18.9. The quantitative estimate of drug-likeness (QED) is 0.727. The molecule has 0 radical (unpaired) electrons. The van der Waals surface area contributed by atoms with Crippen LogP contribution in [0.25, 0.3) is 0 Å². The van der Waals surface area contributed by atoms with Crippen LogP contribution >= 0.6 is 0 Å². The Morgan fingerprint density at radius 1 is 1.29 bits per heavy atom. The smallest absolute Gasteiger partial charge is 0.363 e. The number of carbonyl (C=O) groups is 3. The van der Waals surface area contributed by atoms with Crippen molar-refractivity contribution in [3.63, 3.8) is 0 Å². The molecule has 10 nitrogen and oxygen atoms in total. The number of hydrogen-bond donors (Lipinski definition) is 1. The molecule has 152 valence electrons. The number of anilines is 1. The number of alkyl halides is 2. The molecule has 0 spiro atoms. The van der Waals surface area contributed by atoms with Crippen molar-refractivity contribution in [1.82, 2.24) is 9.55 Å². The van der Waals surface area contributed by atoms with Gasteiger partial charge in [0.1, 0.15) is 5.82 Å². The Kier molecular flexibility index (Phi) is 5.81. The van der Waals surface area contributed by atoms with E-state index < -0.39 is 53.3 Å². The number of halogens is 2. The highest BCUT2D eigenvalue weighted by atomic mass is 19.3. The number of carbonyl (C=O) groups excluding carboxylic acids is 3. The minimum absolute atomic E-state index is 0.142. The summed E-state index contributed by atoms with van der Waals surface area (Å²) >= 11 is 0. The molecule has 1 aromatic rings. The third-order valence-electron chi connectivity index (χ3n) is 3.42. The number of amides is 1. The van der Waals surface area contributed by atoms with Gasteiger partial charge in [-0.2, -0.15) is 13.8 Å². The average molecular weight is 401 g/mol. The Bertz CT molecular complexity index is 910. The van der Waals surface area contributed by atoms with Gasteiger partial charge in [0.05, 0.1) is 0 Å². The molecule has 1 unspecified atom stereocenters. The van der Waals surface area contributed by atoms with E-state index in [1.165, 1.54) is 13.8 Å². The van der Waals surface area contributed by atoms with Crippen LogP contribution in [0.5, 0.6) is 0 Å². The van der Waals surface area contributed by atoms with Crippen molar-refractivity contribution in [2.75, 3.05) is 5.32 Å². The van der Waals surface area contributed by atoms with Gasteiger partial charge in [-0.15, -0.1) is 0 Å². The molecule has 28 heavy (non-hydrogen) atoms. The van der Waals surface area contributed by atoms with Crippen molar-refractivity contribution in [2.24, 2.45) is 0 Å². The van der Waals surface area contributed by atoms with Crippen LogP contribution in [0.3, 0.4) is 0 Å². The van der Waals surface area contributed by atoms with Crippen molar-refractivity contribution < 1.29 is 37.4 Å². The predicted molar refractivity (Wildman–Crippen MR) is 87.9 cm³/mol. The van der Waals surface area contributed by atoms with Gasteiger partial charge in [0.15, 0.2) is 11.9 Å². The van der Waals surface area contributed by atoms with Gasteiger partial charge in [-0.1, -0.05) is 0 Å². The van der Waals surface area contributed by atoms with Crippen molar-refractivity contribution in [1.29, 1.82) is 0 Å². The topological polar surface area (TPSA) is 126 Å². The Labute approximate surface area is 157 Å². The molecule has 1 amide bonds. The third kappa shape index (κ3) is 4.32. The van der Waals surface area contributed by atoms with E-state index in [0.29, 0.717) is 4.57 Å². The van der Waals surface area contributed by atoms with E-state index in [1.807, 2.05) is 0 Å². The van der Waals surface area contributed by atoms with E-state index in [9.17, 15) is 28.0 Å². The molecule has 0 aromatic carbocycles. The van der Waals surface area contributed by atoms with Gasteiger partial charge in [0, 0.05) is 27.0 Å². The van der Waals surface area contributed by atoms with Crippen LogP contribution in [0, 0.1) is 0 Å². The lowest BCUT2D eigenvalue weighted by Gasteiger charge is -2.21. The van der Waals surface area contributed by atoms with Crippen molar-refractivity contribution in [3.8, 4) is 0 Å². The van der Waals surface area contributed by atoms with Crippen LogP contribution in [0.15, 0.2) is 28.6 Å². The van der Waals surface area contributed by atoms with E-state index >= 15 is 0 Å². The molecule has 2 atom stereocenters. The van der Waals surface area contributed by atoms with Crippen LogP contribution in [0.1, 0.15) is 33.9 Å². The summed E-state index contributed by atoms with van der Waals surface area (Å²) < 4.78 is 44.8. The van der Waals surface area contributed by atoms with Gasteiger partial charge in [-0.25, -0.2) is 4.79 Å². The Morgan fingerprint density at radius 2 is 1.93 bits per heavy atom. The van der Waals surface area contributed by atoms with E-state index in [4.69, 9.17) is 9.47 Å². The summed E-state index contributed by atoms with van der Waals surface area (Å²) in [4.78, 5) is 49.1. The maximum absolute atomic E-state index is 14.9. The molecular weight excluding hydrogens is 384 g/mol. The summed E-state index contributed by atoms with van der Waals surface area (Å²) in [7, 11) is 0. The number of esters is 2. The zero-order valence-corrected chi connectivity index (χ0v) is 15.3. The average Bonchev–Trinajstić information content (AvgIpc) is 2.77. The van der Waals surface area contributed by atoms with E-state index in [2.05, 4.69) is 15.0 Å². The first kappa shape index (κ1) is 21.0. The number of rotatable bonds is 5. The molecule has 1 N–H and O–H groups in total. The molecule has 1 aliphatic heterocycles. The lowest BCUT2D eigenvalue weighted by atomic mass is 10.2. The number of nitrogens with one attached hydrogen (secondary N) is 1.